The van der Waals surface area contributed by atoms with Gasteiger partial charge in [0.15, 0.2) is 0 Å². The molecule has 1 aromatic heterocycles. The van der Waals surface area contributed by atoms with E-state index >= 15 is 0 Å². The second-order valence-corrected chi connectivity index (χ2v) is 8.38. The van der Waals surface area contributed by atoms with Crippen molar-refractivity contribution in [3.8, 4) is 17.2 Å². The summed E-state index contributed by atoms with van der Waals surface area (Å²) in [6.45, 7) is 2.76. The third-order valence-corrected chi connectivity index (χ3v) is 6.61. The van der Waals surface area contributed by atoms with E-state index in [-0.39, 0.29) is 11.7 Å². The molecule has 1 aliphatic carbocycles. The molecule has 31 heavy (non-hydrogen) atoms. The van der Waals surface area contributed by atoms with Crippen LogP contribution in [0.4, 0.5) is 4.39 Å². The number of nitrogens with zero attached hydrogens (tertiary/aromatic N) is 3. The van der Waals surface area contributed by atoms with Crippen molar-refractivity contribution in [2.45, 2.75) is 24.7 Å². The van der Waals surface area contributed by atoms with Gasteiger partial charge in [0.05, 0.1) is 22.6 Å². The molecular weight excluding hydrogens is 391 g/mol. The maximum atomic E-state index is 14.2. The second kappa shape index (κ2) is 7.75. The third-order valence-electron chi connectivity index (χ3n) is 6.61. The first-order valence-corrected chi connectivity index (χ1v) is 10.7. The van der Waals surface area contributed by atoms with Crippen LogP contribution in [0, 0.1) is 17.1 Å². The number of fused-ring (bicyclic) bond motifs is 1. The molecule has 1 saturated heterocycles. The second-order valence-electron chi connectivity index (χ2n) is 8.38. The zero-order valence-electron chi connectivity index (χ0n) is 17.2. The van der Waals surface area contributed by atoms with Crippen molar-refractivity contribution in [1.82, 2.24) is 15.2 Å². The Hall–Kier alpha value is -3.30. The van der Waals surface area contributed by atoms with Gasteiger partial charge in [-0.3, -0.25) is 9.78 Å². The molecule has 0 atom stereocenters. The van der Waals surface area contributed by atoms with E-state index in [0.717, 1.165) is 43.5 Å². The van der Waals surface area contributed by atoms with Gasteiger partial charge in [0.1, 0.15) is 5.82 Å². The summed E-state index contributed by atoms with van der Waals surface area (Å²) in [6.07, 6.45) is 4.42. The summed E-state index contributed by atoms with van der Waals surface area (Å²) in [5.74, 6) is -0.455. The lowest BCUT2D eigenvalue weighted by Crippen LogP contribution is -2.46. The van der Waals surface area contributed by atoms with E-state index in [0.29, 0.717) is 35.1 Å². The van der Waals surface area contributed by atoms with Gasteiger partial charge in [-0.2, -0.15) is 5.26 Å². The van der Waals surface area contributed by atoms with Crippen molar-refractivity contribution in [1.29, 1.82) is 5.26 Å². The van der Waals surface area contributed by atoms with Crippen LogP contribution in [-0.4, -0.2) is 42.0 Å². The average molecular weight is 414 g/mol. The highest BCUT2D eigenvalue weighted by molar-refractivity contribution is 6.08. The van der Waals surface area contributed by atoms with Crippen LogP contribution < -0.4 is 5.32 Å². The lowest BCUT2D eigenvalue weighted by molar-refractivity contribution is 0.0736. The van der Waals surface area contributed by atoms with Crippen molar-refractivity contribution < 1.29 is 9.18 Å². The molecule has 0 spiro atoms. The molecule has 2 fully saturated rings. The Bertz CT molecular complexity index is 1190. The summed E-state index contributed by atoms with van der Waals surface area (Å²) in [6, 6.07) is 14.8. The van der Waals surface area contributed by atoms with Crippen LogP contribution in [-0.2, 0) is 5.41 Å². The summed E-state index contributed by atoms with van der Waals surface area (Å²) < 4.78 is 14.2. The van der Waals surface area contributed by atoms with Crippen LogP contribution >= 0.6 is 0 Å². The molecule has 0 unspecified atom stereocenters. The number of nitrogens with one attached hydrogen (secondary N) is 1. The molecule has 2 aliphatic rings. The number of halogens is 1. The maximum Gasteiger partial charge on any atom is 0.256 e. The van der Waals surface area contributed by atoms with Gasteiger partial charge in [0.2, 0.25) is 0 Å². The van der Waals surface area contributed by atoms with Gasteiger partial charge in [-0.15, -0.1) is 0 Å². The molecule has 1 amide bonds. The van der Waals surface area contributed by atoms with Gasteiger partial charge in [0.25, 0.3) is 5.91 Å². The molecule has 5 rings (SSSR count). The minimum atomic E-state index is -0.398. The normalized spacial score (nSPS) is 17.7. The number of rotatable bonds is 3. The highest BCUT2D eigenvalue weighted by Crippen LogP contribution is 2.44. The molecule has 2 aromatic carbocycles. The van der Waals surface area contributed by atoms with E-state index in [1.54, 1.807) is 12.3 Å². The molecule has 3 aromatic rings. The van der Waals surface area contributed by atoms with Gasteiger partial charge in [0, 0.05) is 43.3 Å². The van der Waals surface area contributed by atoms with Crippen molar-refractivity contribution >= 4 is 16.8 Å². The van der Waals surface area contributed by atoms with Crippen LogP contribution in [0.15, 0.2) is 48.7 Å². The number of carbonyl (C=O) groups excluding carboxylic acids is 1. The molecule has 1 saturated carbocycles. The smallest absolute Gasteiger partial charge is 0.256 e. The summed E-state index contributed by atoms with van der Waals surface area (Å²) in [5.41, 5.74) is 3.25. The Morgan fingerprint density at radius 3 is 2.52 bits per heavy atom. The highest BCUT2D eigenvalue weighted by Gasteiger charge is 2.38. The predicted molar refractivity (Wildman–Crippen MR) is 117 cm³/mol. The van der Waals surface area contributed by atoms with Gasteiger partial charge in [-0.1, -0.05) is 24.3 Å². The molecule has 0 radical (unpaired) electrons. The van der Waals surface area contributed by atoms with E-state index < -0.39 is 5.41 Å². The first kappa shape index (κ1) is 19.7. The minimum absolute atomic E-state index is 0.0910. The highest BCUT2D eigenvalue weighted by atomic mass is 19.1. The van der Waals surface area contributed by atoms with Gasteiger partial charge >= 0.3 is 0 Å². The zero-order valence-corrected chi connectivity index (χ0v) is 17.2. The molecule has 0 bridgehead atoms. The fraction of sp³-hybridized carbons (Fsp3) is 0.320. The summed E-state index contributed by atoms with van der Waals surface area (Å²) in [4.78, 5) is 19.6. The number of hydrogen-bond donors (Lipinski definition) is 1. The number of pyridine rings is 1. The van der Waals surface area contributed by atoms with E-state index in [9.17, 15) is 14.4 Å². The first-order valence-electron chi connectivity index (χ1n) is 10.7. The molecule has 2 heterocycles. The SMILES string of the molecule is N#CC1(c2ccc(-c3c(C(=O)N4CCNCC4)cnc4ccc(F)cc34)cc2)CCC1. The number of piperazine rings is 1. The van der Waals surface area contributed by atoms with Crippen LogP contribution in [0.25, 0.3) is 22.0 Å². The Kier molecular flexibility index (Phi) is 4.91. The number of benzene rings is 2. The van der Waals surface area contributed by atoms with Gasteiger partial charge < -0.3 is 10.2 Å². The quantitative estimate of drug-likeness (QED) is 0.703. The van der Waals surface area contributed by atoms with E-state index in [4.69, 9.17) is 0 Å². The van der Waals surface area contributed by atoms with Crippen molar-refractivity contribution in [3.63, 3.8) is 0 Å². The number of nitriles is 1. The molecule has 1 aliphatic heterocycles. The first-order chi connectivity index (χ1) is 15.1. The van der Waals surface area contributed by atoms with Gasteiger partial charge in [-0.05, 0) is 48.6 Å². The third kappa shape index (κ3) is 3.35. The summed E-state index contributed by atoms with van der Waals surface area (Å²) in [7, 11) is 0. The maximum absolute atomic E-state index is 14.2. The van der Waals surface area contributed by atoms with E-state index in [2.05, 4.69) is 16.4 Å². The Balaban J connectivity index is 1.64. The molecule has 1 N–H and O–H groups in total. The number of aromatic nitrogens is 1. The number of hydrogen-bond acceptors (Lipinski definition) is 4. The topological polar surface area (TPSA) is 69.0 Å². The summed E-state index contributed by atoms with van der Waals surface area (Å²) >= 11 is 0. The van der Waals surface area contributed by atoms with Crippen molar-refractivity contribution in [2.75, 3.05) is 26.2 Å². The van der Waals surface area contributed by atoms with Crippen molar-refractivity contribution in [3.05, 3.63) is 65.6 Å². The van der Waals surface area contributed by atoms with Crippen LogP contribution in [0.5, 0.6) is 0 Å². The fourth-order valence-electron chi connectivity index (χ4n) is 4.63. The Labute approximate surface area is 180 Å². The predicted octanol–water partition coefficient (Wildman–Crippen LogP) is 4.03. The summed E-state index contributed by atoms with van der Waals surface area (Å²) in [5, 5.41) is 13.5. The standard InChI is InChI=1S/C25H23FN4O/c26-19-6-7-22-20(14-19)23(21(15-29-22)24(31)30-12-10-28-11-13-30)17-2-4-18(5-3-17)25(16-27)8-1-9-25/h2-7,14-15,28H,1,8-13H2. The molecule has 156 valence electrons. The van der Waals surface area contributed by atoms with Crippen molar-refractivity contribution in [2.24, 2.45) is 0 Å². The van der Waals surface area contributed by atoms with Crippen LogP contribution in [0.3, 0.4) is 0 Å². The Morgan fingerprint density at radius 2 is 1.87 bits per heavy atom. The van der Waals surface area contributed by atoms with E-state index in [1.165, 1.54) is 12.1 Å². The number of amides is 1. The molecule has 6 heteroatoms. The van der Waals surface area contributed by atoms with Crippen LogP contribution in [0.2, 0.25) is 0 Å². The minimum Gasteiger partial charge on any atom is -0.336 e. The van der Waals surface area contributed by atoms with E-state index in [1.807, 2.05) is 29.2 Å². The van der Waals surface area contributed by atoms with Gasteiger partial charge in [-0.25, -0.2) is 4.39 Å². The zero-order chi connectivity index (χ0) is 21.4. The molecular formula is C25H23FN4O. The monoisotopic (exact) mass is 414 g/mol. The number of carbonyl (C=O) groups is 1. The Morgan fingerprint density at radius 1 is 1.13 bits per heavy atom. The lowest BCUT2D eigenvalue weighted by atomic mass is 9.65. The lowest BCUT2D eigenvalue weighted by Gasteiger charge is -2.35. The fourth-order valence-corrected chi connectivity index (χ4v) is 4.63. The van der Waals surface area contributed by atoms with Crippen LogP contribution in [0.1, 0.15) is 35.2 Å². The average Bonchev–Trinajstić information content (AvgIpc) is 2.78. The largest absolute Gasteiger partial charge is 0.336 e. The molecule has 5 nitrogen and oxygen atoms in total.